The molecule has 0 fully saturated rings. The van der Waals surface area contributed by atoms with Crippen LogP contribution in [0.4, 0.5) is 5.82 Å². The van der Waals surface area contributed by atoms with E-state index in [0.29, 0.717) is 11.0 Å². The van der Waals surface area contributed by atoms with Crippen molar-refractivity contribution >= 4 is 23.3 Å². The Hall–Kier alpha value is -1.36. The van der Waals surface area contributed by atoms with Crippen LogP contribution < -0.4 is 10.6 Å². The Bertz CT molecular complexity index is 358. The minimum absolute atomic E-state index is 0.0933. The van der Waals surface area contributed by atoms with Crippen molar-refractivity contribution in [1.82, 2.24) is 15.5 Å². The average Bonchev–Trinajstić information content (AvgIpc) is 2.14. The van der Waals surface area contributed by atoms with Crippen LogP contribution in [0.1, 0.15) is 20.8 Å². The van der Waals surface area contributed by atoms with E-state index in [1.54, 1.807) is 12.1 Å². The summed E-state index contributed by atoms with van der Waals surface area (Å²) in [7, 11) is 0. The van der Waals surface area contributed by atoms with Gasteiger partial charge in [-0.05, 0) is 32.9 Å². The molecule has 0 saturated carbocycles. The highest BCUT2D eigenvalue weighted by Crippen LogP contribution is 2.05. The molecule has 88 valence electrons. The van der Waals surface area contributed by atoms with Crippen LogP contribution in [0, 0.1) is 0 Å². The standard InChI is InChI=1S/C10H15ClN4O/c1-10(2,3)13-9(16)6-12-8-5-4-7(11)14-15-8/h4-5H,6H2,1-3H3,(H,12,15)(H,13,16). The molecule has 0 atom stereocenters. The lowest BCUT2D eigenvalue weighted by Gasteiger charge is -2.20. The summed E-state index contributed by atoms with van der Waals surface area (Å²) in [6.45, 7) is 5.93. The molecule has 0 aliphatic rings. The van der Waals surface area contributed by atoms with Gasteiger partial charge >= 0.3 is 0 Å². The van der Waals surface area contributed by atoms with Gasteiger partial charge in [0.25, 0.3) is 0 Å². The molecule has 5 nitrogen and oxygen atoms in total. The fourth-order valence-corrected chi connectivity index (χ4v) is 1.14. The number of rotatable bonds is 3. The van der Waals surface area contributed by atoms with Crippen molar-refractivity contribution in [3.63, 3.8) is 0 Å². The Morgan fingerprint density at radius 2 is 2.06 bits per heavy atom. The quantitative estimate of drug-likeness (QED) is 0.842. The maximum atomic E-state index is 11.5. The van der Waals surface area contributed by atoms with Crippen LogP contribution in [0.5, 0.6) is 0 Å². The summed E-state index contributed by atoms with van der Waals surface area (Å²) in [5, 5.41) is 13.4. The third-order valence-electron chi connectivity index (χ3n) is 1.58. The van der Waals surface area contributed by atoms with Gasteiger partial charge in [-0.2, -0.15) is 0 Å². The van der Waals surface area contributed by atoms with Gasteiger partial charge in [-0.15, -0.1) is 10.2 Å². The molecule has 0 aliphatic heterocycles. The largest absolute Gasteiger partial charge is 0.360 e. The third-order valence-corrected chi connectivity index (χ3v) is 1.78. The predicted molar refractivity (Wildman–Crippen MR) is 63.4 cm³/mol. The SMILES string of the molecule is CC(C)(C)NC(=O)CNc1ccc(Cl)nn1. The van der Waals surface area contributed by atoms with Crippen molar-refractivity contribution < 1.29 is 4.79 Å². The normalized spacial score (nSPS) is 11.0. The second-order valence-electron chi connectivity index (χ2n) is 4.39. The number of carbonyl (C=O) groups is 1. The fraction of sp³-hybridized carbons (Fsp3) is 0.500. The van der Waals surface area contributed by atoms with E-state index >= 15 is 0 Å². The van der Waals surface area contributed by atoms with E-state index in [4.69, 9.17) is 11.6 Å². The van der Waals surface area contributed by atoms with Crippen molar-refractivity contribution in [1.29, 1.82) is 0 Å². The number of aromatic nitrogens is 2. The van der Waals surface area contributed by atoms with Gasteiger partial charge in [0, 0.05) is 5.54 Å². The molecular formula is C10H15ClN4O. The summed E-state index contributed by atoms with van der Waals surface area (Å²) in [6, 6.07) is 3.28. The van der Waals surface area contributed by atoms with Crippen molar-refractivity contribution in [2.24, 2.45) is 0 Å². The van der Waals surface area contributed by atoms with Gasteiger partial charge in [0.2, 0.25) is 5.91 Å². The molecule has 0 aromatic carbocycles. The van der Waals surface area contributed by atoms with Crippen LogP contribution in [-0.4, -0.2) is 28.2 Å². The topological polar surface area (TPSA) is 66.9 Å². The first-order valence-electron chi connectivity index (χ1n) is 4.91. The van der Waals surface area contributed by atoms with Gasteiger partial charge in [-0.25, -0.2) is 0 Å². The minimum Gasteiger partial charge on any atom is -0.360 e. The van der Waals surface area contributed by atoms with E-state index in [2.05, 4.69) is 20.8 Å². The van der Waals surface area contributed by atoms with E-state index in [-0.39, 0.29) is 18.0 Å². The first-order valence-corrected chi connectivity index (χ1v) is 5.29. The van der Waals surface area contributed by atoms with Gasteiger partial charge in [0.1, 0.15) is 5.82 Å². The first-order chi connectivity index (χ1) is 7.37. The molecule has 0 bridgehead atoms. The second-order valence-corrected chi connectivity index (χ2v) is 4.78. The van der Waals surface area contributed by atoms with E-state index in [1.807, 2.05) is 20.8 Å². The lowest BCUT2D eigenvalue weighted by Crippen LogP contribution is -2.43. The summed E-state index contributed by atoms with van der Waals surface area (Å²) in [5.41, 5.74) is -0.232. The Balaban J connectivity index is 2.40. The molecule has 0 radical (unpaired) electrons. The van der Waals surface area contributed by atoms with Gasteiger partial charge in [-0.3, -0.25) is 4.79 Å². The molecule has 0 aliphatic carbocycles. The van der Waals surface area contributed by atoms with Gasteiger partial charge in [0.15, 0.2) is 5.15 Å². The van der Waals surface area contributed by atoms with Crippen LogP contribution in [0.2, 0.25) is 5.15 Å². The van der Waals surface area contributed by atoms with Gasteiger partial charge < -0.3 is 10.6 Å². The molecule has 2 N–H and O–H groups in total. The highest BCUT2D eigenvalue weighted by atomic mass is 35.5. The van der Waals surface area contributed by atoms with Crippen molar-refractivity contribution in [2.45, 2.75) is 26.3 Å². The molecule has 1 rings (SSSR count). The number of hydrogen-bond acceptors (Lipinski definition) is 4. The lowest BCUT2D eigenvalue weighted by molar-refractivity contribution is -0.120. The number of nitrogens with one attached hydrogen (secondary N) is 2. The maximum Gasteiger partial charge on any atom is 0.239 e. The lowest BCUT2D eigenvalue weighted by atomic mass is 10.1. The Morgan fingerprint density at radius 3 is 2.56 bits per heavy atom. The van der Waals surface area contributed by atoms with Gasteiger partial charge in [-0.1, -0.05) is 11.6 Å². The molecule has 1 aromatic heterocycles. The number of amides is 1. The molecule has 0 unspecified atom stereocenters. The zero-order chi connectivity index (χ0) is 12.2. The average molecular weight is 243 g/mol. The van der Waals surface area contributed by atoms with E-state index < -0.39 is 0 Å². The molecule has 1 amide bonds. The molecule has 0 spiro atoms. The van der Waals surface area contributed by atoms with Crippen LogP contribution >= 0.6 is 11.6 Å². The van der Waals surface area contributed by atoms with Crippen LogP contribution in [-0.2, 0) is 4.79 Å². The first kappa shape index (κ1) is 12.7. The van der Waals surface area contributed by atoms with E-state index in [1.165, 1.54) is 0 Å². The maximum absolute atomic E-state index is 11.5. The monoisotopic (exact) mass is 242 g/mol. The summed E-state index contributed by atoms with van der Waals surface area (Å²) < 4.78 is 0. The zero-order valence-corrected chi connectivity index (χ0v) is 10.3. The number of hydrogen-bond donors (Lipinski definition) is 2. The van der Waals surface area contributed by atoms with Crippen LogP contribution in [0.25, 0.3) is 0 Å². The number of anilines is 1. The van der Waals surface area contributed by atoms with Gasteiger partial charge in [0.05, 0.1) is 6.54 Å². The van der Waals surface area contributed by atoms with Crippen molar-refractivity contribution in [2.75, 3.05) is 11.9 Å². The summed E-state index contributed by atoms with van der Waals surface area (Å²) in [5.74, 6) is 0.428. The highest BCUT2D eigenvalue weighted by Gasteiger charge is 2.13. The number of nitrogens with zero attached hydrogens (tertiary/aromatic N) is 2. The molecule has 1 aromatic rings. The molecule has 1 heterocycles. The zero-order valence-electron chi connectivity index (χ0n) is 9.54. The Morgan fingerprint density at radius 1 is 1.38 bits per heavy atom. The highest BCUT2D eigenvalue weighted by molar-refractivity contribution is 6.29. The summed E-state index contributed by atoms with van der Waals surface area (Å²) in [6.07, 6.45) is 0. The smallest absolute Gasteiger partial charge is 0.239 e. The molecular weight excluding hydrogens is 228 g/mol. The summed E-state index contributed by atoms with van der Waals surface area (Å²) in [4.78, 5) is 11.5. The predicted octanol–water partition coefficient (Wildman–Crippen LogP) is 1.46. The Kier molecular flexibility index (Phi) is 4.06. The van der Waals surface area contributed by atoms with Crippen molar-refractivity contribution in [3.8, 4) is 0 Å². The third kappa shape index (κ3) is 4.93. The second kappa shape index (κ2) is 5.12. The van der Waals surface area contributed by atoms with Crippen molar-refractivity contribution in [3.05, 3.63) is 17.3 Å². The molecule has 16 heavy (non-hydrogen) atoms. The van der Waals surface area contributed by atoms with Crippen LogP contribution in [0.3, 0.4) is 0 Å². The fourth-order valence-electron chi connectivity index (χ4n) is 1.04. The Labute approximate surface area is 99.6 Å². The molecule has 0 saturated heterocycles. The van der Waals surface area contributed by atoms with E-state index in [0.717, 1.165) is 0 Å². The number of halogens is 1. The summed E-state index contributed by atoms with van der Waals surface area (Å²) >= 11 is 5.58. The van der Waals surface area contributed by atoms with Crippen LogP contribution in [0.15, 0.2) is 12.1 Å². The number of carbonyl (C=O) groups excluding carboxylic acids is 1. The van der Waals surface area contributed by atoms with E-state index in [9.17, 15) is 4.79 Å². The minimum atomic E-state index is -0.232. The molecule has 6 heteroatoms.